The molecule has 0 saturated carbocycles. The van der Waals surface area contributed by atoms with E-state index >= 15 is 0 Å². The minimum atomic E-state index is 0.798. The van der Waals surface area contributed by atoms with E-state index in [0.29, 0.717) is 0 Å². The van der Waals surface area contributed by atoms with Crippen LogP contribution in [0, 0.1) is 0 Å². The van der Waals surface area contributed by atoms with Crippen LogP contribution in [0.4, 0.5) is 5.82 Å². The molecular weight excluding hydrogens is 228 g/mol. The van der Waals surface area contributed by atoms with Gasteiger partial charge in [0.2, 0.25) is 0 Å². The molecule has 1 aromatic heterocycles. The Balaban J connectivity index is 1.99. The van der Waals surface area contributed by atoms with E-state index in [1.807, 2.05) is 12.1 Å². The Labute approximate surface area is 108 Å². The SMILES string of the molecule is CCc1cccc(CNc2ccc(S)cn2)c1. The van der Waals surface area contributed by atoms with Gasteiger partial charge in [0.15, 0.2) is 0 Å². The first kappa shape index (κ1) is 12.0. The molecular formula is C14H16N2S. The zero-order chi connectivity index (χ0) is 12.1. The summed E-state index contributed by atoms with van der Waals surface area (Å²) in [5, 5.41) is 3.29. The molecule has 1 aromatic carbocycles. The third kappa shape index (κ3) is 3.49. The molecule has 2 aromatic rings. The lowest BCUT2D eigenvalue weighted by atomic mass is 10.1. The van der Waals surface area contributed by atoms with Crippen molar-refractivity contribution in [3.8, 4) is 0 Å². The fourth-order valence-corrected chi connectivity index (χ4v) is 1.78. The van der Waals surface area contributed by atoms with Gasteiger partial charge in [-0.1, -0.05) is 31.2 Å². The Morgan fingerprint density at radius 1 is 1.18 bits per heavy atom. The lowest BCUT2D eigenvalue weighted by Gasteiger charge is -2.07. The summed E-state index contributed by atoms with van der Waals surface area (Å²) in [6.45, 7) is 2.96. The normalized spacial score (nSPS) is 10.2. The summed E-state index contributed by atoms with van der Waals surface area (Å²) in [5.74, 6) is 0.879. The number of aromatic nitrogens is 1. The number of nitrogens with zero attached hydrogens (tertiary/aromatic N) is 1. The maximum absolute atomic E-state index is 4.25. The second-order valence-electron chi connectivity index (χ2n) is 3.93. The van der Waals surface area contributed by atoms with Gasteiger partial charge in [0.05, 0.1) is 0 Å². The van der Waals surface area contributed by atoms with Crippen molar-refractivity contribution in [1.82, 2.24) is 4.98 Å². The zero-order valence-corrected chi connectivity index (χ0v) is 10.7. The first-order chi connectivity index (χ1) is 8.28. The van der Waals surface area contributed by atoms with Crippen molar-refractivity contribution in [2.45, 2.75) is 24.8 Å². The third-order valence-electron chi connectivity index (χ3n) is 2.62. The second-order valence-corrected chi connectivity index (χ2v) is 4.45. The van der Waals surface area contributed by atoms with Gasteiger partial charge in [0.25, 0.3) is 0 Å². The Kier molecular flexibility index (Phi) is 4.04. The molecule has 1 N–H and O–H groups in total. The number of benzene rings is 1. The van der Waals surface area contributed by atoms with E-state index < -0.39 is 0 Å². The first-order valence-electron chi connectivity index (χ1n) is 5.74. The molecule has 1 heterocycles. The Bertz CT molecular complexity index is 480. The third-order valence-corrected chi connectivity index (χ3v) is 2.89. The van der Waals surface area contributed by atoms with Gasteiger partial charge in [-0.05, 0) is 29.7 Å². The number of hydrogen-bond acceptors (Lipinski definition) is 3. The highest BCUT2D eigenvalue weighted by Gasteiger charge is 1.96. The molecule has 3 heteroatoms. The molecule has 0 fully saturated rings. The number of thiol groups is 1. The number of nitrogens with one attached hydrogen (secondary N) is 1. The average molecular weight is 244 g/mol. The zero-order valence-electron chi connectivity index (χ0n) is 9.85. The molecule has 0 radical (unpaired) electrons. The maximum Gasteiger partial charge on any atom is 0.126 e. The summed E-state index contributed by atoms with van der Waals surface area (Å²) in [6.07, 6.45) is 2.81. The van der Waals surface area contributed by atoms with Gasteiger partial charge in [-0.3, -0.25) is 0 Å². The van der Waals surface area contributed by atoms with Gasteiger partial charge in [-0.25, -0.2) is 4.98 Å². The Morgan fingerprint density at radius 2 is 2.00 bits per heavy atom. The molecule has 88 valence electrons. The fraction of sp³-hybridized carbons (Fsp3) is 0.214. The van der Waals surface area contributed by atoms with Crippen LogP contribution in [0.5, 0.6) is 0 Å². The van der Waals surface area contributed by atoms with Gasteiger partial charge >= 0.3 is 0 Å². The number of anilines is 1. The highest BCUT2D eigenvalue weighted by atomic mass is 32.1. The van der Waals surface area contributed by atoms with Gasteiger partial charge < -0.3 is 5.32 Å². The molecule has 0 bridgehead atoms. The van der Waals surface area contributed by atoms with Crippen LogP contribution in [0.1, 0.15) is 18.1 Å². The van der Waals surface area contributed by atoms with Crippen LogP contribution < -0.4 is 5.32 Å². The molecule has 0 aliphatic carbocycles. The van der Waals surface area contributed by atoms with Crippen LogP contribution in [-0.2, 0) is 13.0 Å². The van der Waals surface area contributed by atoms with E-state index in [1.54, 1.807) is 6.20 Å². The molecule has 0 spiro atoms. The molecule has 0 aliphatic rings. The van der Waals surface area contributed by atoms with Crippen molar-refractivity contribution in [3.05, 3.63) is 53.7 Å². The van der Waals surface area contributed by atoms with E-state index in [2.05, 4.69) is 54.1 Å². The highest BCUT2D eigenvalue weighted by Crippen LogP contribution is 2.11. The first-order valence-corrected chi connectivity index (χ1v) is 6.19. The van der Waals surface area contributed by atoms with Crippen molar-refractivity contribution in [2.24, 2.45) is 0 Å². The summed E-state index contributed by atoms with van der Waals surface area (Å²) >= 11 is 4.21. The van der Waals surface area contributed by atoms with Gasteiger partial charge in [-0.2, -0.15) is 0 Å². The quantitative estimate of drug-likeness (QED) is 0.804. The summed E-state index contributed by atoms with van der Waals surface area (Å²) in [5.41, 5.74) is 2.64. The molecule has 17 heavy (non-hydrogen) atoms. The number of aryl methyl sites for hydroxylation is 1. The van der Waals surface area contributed by atoms with E-state index in [-0.39, 0.29) is 0 Å². The molecule has 0 atom stereocenters. The van der Waals surface area contributed by atoms with Gasteiger partial charge in [-0.15, -0.1) is 12.6 Å². The number of hydrogen-bond donors (Lipinski definition) is 2. The smallest absolute Gasteiger partial charge is 0.126 e. The van der Waals surface area contributed by atoms with Crippen LogP contribution in [0.2, 0.25) is 0 Å². The Morgan fingerprint density at radius 3 is 2.71 bits per heavy atom. The summed E-state index contributed by atoms with van der Waals surface area (Å²) < 4.78 is 0. The molecule has 2 rings (SSSR count). The van der Waals surface area contributed by atoms with E-state index in [1.165, 1.54) is 11.1 Å². The van der Waals surface area contributed by atoms with Gasteiger partial charge in [0, 0.05) is 17.6 Å². The van der Waals surface area contributed by atoms with Crippen LogP contribution in [-0.4, -0.2) is 4.98 Å². The lowest BCUT2D eigenvalue weighted by molar-refractivity contribution is 1.07. The minimum Gasteiger partial charge on any atom is -0.366 e. The molecule has 0 aliphatic heterocycles. The van der Waals surface area contributed by atoms with Crippen molar-refractivity contribution < 1.29 is 0 Å². The molecule has 0 amide bonds. The lowest BCUT2D eigenvalue weighted by Crippen LogP contribution is -2.01. The predicted octanol–water partition coefficient (Wildman–Crippen LogP) is 3.54. The van der Waals surface area contributed by atoms with Crippen LogP contribution in [0.3, 0.4) is 0 Å². The van der Waals surface area contributed by atoms with Gasteiger partial charge in [0.1, 0.15) is 5.82 Å². The summed E-state index contributed by atoms with van der Waals surface area (Å²) in [6, 6.07) is 12.5. The highest BCUT2D eigenvalue weighted by molar-refractivity contribution is 7.80. The van der Waals surface area contributed by atoms with Crippen molar-refractivity contribution in [3.63, 3.8) is 0 Å². The average Bonchev–Trinajstić information content (AvgIpc) is 2.38. The summed E-state index contributed by atoms with van der Waals surface area (Å²) in [4.78, 5) is 5.13. The standard InChI is InChI=1S/C14H16N2S/c1-2-11-4-3-5-12(8-11)9-15-14-7-6-13(17)10-16-14/h3-8,10,17H,2,9H2,1H3,(H,15,16). The van der Waals surface area contributed by atoms with Crippen molar-refractivity contribution in [2.75, 3.05) is 5.32 Å². The fourth-order valence-electron chi connectivity index (χ4n) is 1.64. The largest absolute Gasteiger partial charge is 0.366 e. The molecule has 0 unspecified atom stereocenters. The van der Waals surface area contributed by atoms with Crippen LogP contribution >= 0.6 is 12.6 Å². The van der Waals surface area contributed by atoms with E-state index in [9.17, 15) is 0 Å². The van der Waals surface area contributed by atoms with Crippen molar-refractivity contribution in [1.29, 1.82) is 0 Å². The maximum atomic E-state index is 4.25. The monoisotopic (exact) mass is 244 g/mol. The molecule has 2 nitrogen and oxygen atoms in total. The number of rotatable bonds is 4. The predicted molar refractivity (Wildman–Crippen MR) is 74.6 cm³/mol. The topological polar surface area (TPSA) is 24.9 Å². The van der Waals surface area contributed by atoms with E-state index in [4.69, 9.17) is 0 Å². The number of pyridine rings is 1. The Hall–Kier alpha value is -1.48. The minimum absolute atomic E-state index is 0.798. The van der Waals surface area contributed by atoms with E-state index in [0.717, 1.165) is 23.7 Å². The molecule has 0 saturated heterocycles. The van der Waals surface area contributed by atoms with Crippen LogP contribution in [0.15, 0.2) is 47.5 Å². The van der Waals surface area contributed by atoms with Crippen molar-refractivity contribution >= 4 is 18.4 Å². The second kappa shape index (κ2) is 5.73. The summed E-state index contributed by atoms with van der Waals surface area (Å²) in [7, 11) is 0. The van der Waals surface area contributed by atoms with Crippen LogP contribution in [0.25, 0.3) is 0 Å².